The molecule has 15 heavy (non-hydrogen) atoms. The second kappa shape index (κ2) is 4.27. The molecule has 0 unspecified atom stereocenters. The minimum absolute atomic E-state index is 0.244. The fourth-order valence-corrected chi connectivity index (χ4v) is 1.83. The molecule has 1 N–H and O–H groups in total. The van der Waals surface area contributed by atoms with Gasteiger partial charge in [-0.2, -0.15) is 5.10 Å². The lowest BCUT2D eigenvalue weighted by Gasteiger charge is -1.99. The van der Waals surface area contributed by atoms with Gasteiger partial charge in [0.15, 0.2) is 0 Å². The first-order valence-electron chi connectivity index (χ1n) is 4.23. The van der Waals surface area contributed by atoms with Crippen molar-refractivity contribution >= 4 is 11.8 Å². The van der Waals surface area contributed by atoms with Crippen LogP contribution in [-0.2, 0) is 0 Å². The summed E-state index contributed by atoms with van der Waals surface area (Å²) in [5, 5.41) is 5.92. The Kier molecular flexibility index (Phi) is 2.82. The first-order valence-corrected chi connectivity index (χ1v) is 5.04. The molecular formula is C10H7FN2OS. The summed E-state index contributed by atoms with van der Waals surface area (Å²) >= 11 is 1.27. The van der Waals surface area contributed by atoms with E-state index in [1.165, 1.54) is 30.1 Å². The second-order valence-corrected chi connectivity index (χ2v) is 3.92. The molecule has 0 spiro atoms. The normalized spacial score (nSPS) is 10.2. The van der Waals surface area contributed by atoms with E-state index < -0.39 is 0 Å². The van der Waals surface area contributed by atoms with Gasteiger partial charge in [0.05, 0.1) is 4.90 Å². The Morgan fingerprint density at radius 2 is 1.93 bits per heavy atom. The van der Waals surface area contributed by atoms with Crippen LogP contribution < -0.4 is 5.56 Å². The molecule has 0 saturated heterocycles. The molecule has 0 aliphatic carbocycles. The SMILES string of the molecule is O=c1[nH]nccc1Sc1ccc(F)cc1. The van der Waals surface area contributed by atoms with Crippen LogP contribution >= 0.6 is 11.8 Å². The third-order valence-electron chi connectivity index (χ3n) is 1.73. The van der Waals surface area contributed by atoms with Crippen molar-refractivity contribution in [2.45, 2.75) is 9.79 Å². The maximum Gasteiger partial charge on any atom is 0.278 e. The van der Waals surface area contributed by atoms with Crippen LogP contribution in [0, 0.1) is 5.82 Å². The Morgan fingerprint density at radius 3 is 2.60 bits per heavy atom. The van der Waals surface area contributed by atoms with Crippen molar-refractivity contribution in [2.75, 3.05) is 0 Å². The van der Waals surface area contributed by atoms with Crippen molar-refractivity contribution in [1.29, 1.82) is 0 Å². The average Bonchev–Trinajstić information content (AvgIpc) is 2.25. The topological polar surface area (TPSA) is 45.8 Å². The van der Waals surface area contributed by atoms with Crippen LogP contribution in [0.3, 0.4) is 0 Å². The molecule has 0 bridgehead atoms. The largest absolute Gasteiger partial charge is 0.278 e. The highest BCUT2D eigenvalue weighted by molar-refractivity contribution is 7.99. The fourth-order valence-electron chi connectivity index (χ4n) is 1.04. The first-order chi connectivity index (χ1) is 7.25. The molecule has 0 radical (unpaired) electrons. The molecule has 2 aromatic rings. The third kappa shape index (κ3) is 2.44. The van der Waals surface area contributed by atoms with Gasteiger partial charge >= 0.3 is 0 Å². The van der Waals surface area contributed by atoms with Crippen molar-refractivity contribution in [3.63, 3.8) is 0 Å². The number of benzene rings is 1. The number of H-pyrrole nitrogens is 1. The predicted molar refractivity (Wildman–Crippen MR) is 55.4 cm³/mol. The lowest BCUT2D eigenvalue weighted by molar-refractivity contribution is 0.626. The molecule has 0 saturated carbocycles. The molecule has 76 valence electrons. The zero-order valence-electron chi connectivity index (χ0n) is 7.61. The van der Waals surface area contributed by atoms with E-state index in [4.69, 9.17) is 0 Å². The number of hydrogen-bond acceptors (Lipinski definition) is 3. The predicted octanol–water partition coefficient (Wildman–Crippen LogP) is 2.06. The lowest BCUT2D eigenvalue weighted by atomic mass is 10.4. The fraction of sp³-hybridized carbons (Fsp3) is 0. The number of aromatic nitrogens is 2. The summed E-state index contributed by atoms with van der Waals surface area (Å²) in [6, 6.07) is 7.59. The summed E-state index contributed by atoms with van der Waals surface area (Å²) in [7, 11) is 0. The summed E-state index contributed by atoms with van der Waals surface area (Å²) < 4.78 is 12.6. The van der Waals surface area contributed by atoms with Crippen molar-refractivity contribution in [3.8, 4) is 0 Å². The van der Waals surface area contributed by atoms with Gasteiger partial charge in [-0.15, -0.1) is 0 Å². The number of hydrogen-bond donors (Lipinski definition) is 1. The Bertz CT molecular complexity index is 509. The summed E-state index contributed by atoms with van der Waals surface area (Å²) in [5.74, 6) is -0.289. The summed E-state index contributed by atoms with van der Waals surface area (Å²) in [6.07, 6.45) is 1.51. The standard InChI is InChI=1S/C10H7FN2OS/c11-7-1-3-8(4-2-7)15-9-5-6-12-13-10(9)14/h1-6H,(H,13,14). The smallest absolute Gasteiger partial charge is 0.267 e. The van der Waals surface area contributed by atoms with Gasteiger partial charge in [0.25, 0.3) is 5.56 Å². The molecule has 0 fully saturated rings. The molecule has 0 atom stereocenters. The van der Waals surface area contributed by atoms with E-state index in [9.17, 15) is 9.18 Å². The lowest BCUT2D eigenvalue weighted by Crippen LogP contribution is -2.08. The monoisotopic (exact) mass is 222 g/mol. The molecule has 2 rings (SSSR count). The van der Waals surface area contributed by atoms with E-state index in [-0.39, 0.29) is 11.4 Å². The van der Waals surface area contributed by atoms with Gasteiger partial charge in [-0.25, -0.2) is 9.49 Å². The van der Waals surface area contributed by atoms with Crippen LogP contribution in [0.4, 0.5) is 4.39 Å². The van der Waals surface area contributed by atoms with E-state index in [1.54, 1.807) is 18.2 Å². The zero-order chi connectivity index (χ0) is 10.7. The Hall–Kier alpha value is -1.62. The minimum atomic E-state index is -0.289. The van der Waals surface area contributed by atoms with Crippen molar-refractivity contribution < 1.29 is 4.39 Å². The zero-order valence-corrected chi connectivity index (χ0v) is 8.42. The molecule has 1 aromatic heterocycles. The summed E-state index contributed by atoms with van der Waals surface area (Å²) in [4.78, 5) is 12.6. The molecule has 3 nitrogen and oxygen atoms in total. The molecule has 1 heterocycles. The van der Waals surface area contributed by atoms with Crippen LogP contribution in [0.2, 0.25) is 0 Å². The van der Waals surface area contributed by atoms with Gasteiger partial charge < -0.3 is 0 Å². The van der Waals surface area contributed by atoms with Gasteiger partial charge in [-0.3, -0.25) is 4.79 Å². The van der Waals surface area contributed by atoms with E-state index >= 15 is 0 Å². The third-order valence-corrected chi connectivity index (χ3v) is 2.78. The number of nitrogens with one attached hydrogen (secondary N) is 1. The van der Waals surface area contributed by atoms with Gasteiger partial charge in [0, 0.05) is 11.1 Å². The average molecular weight is 222 g/mol. The maximum atomic E-state index is 12.6. The van der Waals surface area contributed by atoms with Gasteiger partial charge in [0.1, 0.15) is 5.82 Å². The molecule has 0 amide bonds. The quantitative estimate of drug-likeness (QED) is 0.846. The van der Waals surface area contributed by atoms with Crippen molar-refractivity contribution in [2.24, 2.45) is 0 Å². The van der Waals surface area contributed by atoms with E-state index in [1.807, 2.05) is 0 Å². The van der Waals surface area contributed by atoms with Crippen LogP contribution in [0.15, 0.2) is 51.1 Å². The molecule has 1 aromatic carbocycles. The van der Waals surface area contributed by atoms with Gasteiger partial charge in [-0.1, -0.05) is 11.8 Å². The maximum absolute atomic E-state index is 12.6. The highest BCUT2D eigenvalue weighted by atomic mass is 32.2. The number of aromatic amines is 1. The molecule has 0 aliphatic heterocycles. The van der Waals surface area contributed by atoms with E-state index in [2.05, 4.69) is 10.2 Å². The Balaban J connectivity index is 2.26. The Morgan fingerprint density at radius 1 is 1.20 bits per heavy atom. The van der Waals surface area contributed by atoms with E-state index in [0.29, 0.717) is 4.90 Å². The number of halogens is 1. The molecule has 5 heteroatoms. The van der Waals surface area contributed by atoms with Crippen LogP contribution in [0.5, 0.6) is 0 Å². The van der Waals surface area contributed by atoms with Crippen LogP contribution in [0.25, 0.3) is 0 Å². The minimum Gasteiger partial charge on any atom is -0.267 e. The second-order valence-electron chi connectivity index (χ2n) is 2.81. The van der Waals surface area contributed by atoms with Crippen LogP contribution in [-0.4, -0.2) is 10.2 Å². The van der Waals surface area contributed by atoms with Crippen molar-refractivity contribution in [1.82, 2.24) is 10.2 Å². The Labute approximate surface area is 89.3 Å². The molecule has 0 aliphatic rings. The molecular weight excluding hydrogens is 215 g/mol. The van der Waals surface area contributed by atoms with Gasteiger partial charge in [-0.05, 0) is 30.3 Å². The van der Waals surface area contributed by atoms with Crippen molar-refractivity contribution in [3.05, 3.63) is 52.7 Å². The summed E-state index contributed by atoms with van der Waals surface area (Å²) in [6.45, 7) is 0. The number of rotatable bonds is 2. The van der Waals surface area contributed by atoms with Gasteiger partial charge in [0.2, 0.25) is 0 Å². The van der Waals surface area contributed by atoms with Crippen LogP contribution in [0.1, 0.15) is 0 Å². The first kappa shape index (κ1) is 9.92. The highest BCUT2D eigenvalue weighted by Crippen LogP contribution is 2.24. The highest BCUT2D eigenvalue weighted by Gasteiger charge is 2.01. The number of nitrogens with zero attached hydrogens (tertiary/aromatic N) is 1. The summed E-state index contributed by atoms with van der Waals surface area (Å²) in [5.41, 5.74) is -0.244. The van der Waals surface area contributed by atoms with E-state index in [0.717, 1.165) is 4.90 Å².